The molecular formula is C33H47NO5. The van der Waals surface area contributed by atoms with Gasteiger partial charge < -0.3 is 19.4 Å². The molecule has 4 saturated carbocycles. The molecule has 4 aliphatic carbocycles. The Hall–Kier alpha value is -2.18. The Kier molecular flexibility index (Phi) is 8.00. The number of allylic oxidation sites excluding steroid dienone is 3. The monoisotopic (exact) mass is 537 g/mol. The van der Waals surface area contributed by atoms with E-state index in [-0.39, 0.29) is 22.9 Å². The number of aryl methyl sites for hydroxylation is 1. The molecule has 39 heavy (non-hydrogen) atoms. The number of hydrogen-bond donors (Lipinski definition) is 2. The minimum atomic E-state index is -0.648. The summed E-state index contributed by atoms with van der Waals surface area (Å²) in [6.45, 7) is 12.4. The molecule has 4 aliphatic rings. The molecule has 6 nitrogen and oxygen atoms in total. The maximum atomic E-state index is 12.1. The Morgan fingerprint density at radius 3 is 2.69 bits per heavy atom. The van der Waals surface area contributed by atoms with Crippen LogP contribution in [0, 0.1) is 30.1 Å². The molecule has 0 radical (unpaired) electrons. The summed E-state index contributed by atoms with van der Waals surface area (Å²) in [5.41, 5.74) is 4.12. The molecule has 5 rings (SSSR count). The van der Waals surface area contributed by atoms with E-state index in [0.29, 0.717) is 30.6 Å². The van der Waals surface area contributed by atoms with Crippen LogP contribution in [0.4, 0.5) is 0 Å². The first-order valence-electron chi connectivity index (χ1n) is 15.1. The first kappa shape index (κ1) is 28.4. The normalized spacial score (nSPS) is 35.6. The molecule has 1 heterocycles. The van der Waals surface area contributed by atoms with E-state index in [2.05, 4.69) is 37.6 Å². The second-order valence-electron chi connectivity index (χ2n) is 13.3. The van der Waals surface area contributed by atoms with Crippen LogP contribution in [0.15, 0.2) is 46.1 Å². The number of carbonyl (C=O) groups is 1. The molecule has 0 saturated heterocycles. The van der Waals surface area contributed by atoms with Gasteiger partial charge in [-0.1, -0.05) is 38.2 Å². The molecule has 0 bridgehead atoms. The zero-order valence-electron chi connectivity index (χ0n) is 24.2. The maximum Gasteiger partial charge on any atom is 0.302 e. The summed E-state index contributed by atoms with van der Waals surface area (Å²) < 4.78 is 11.7. The van der Waals surface area contributed by atoms with Crippen LogP contribution in [0.5, 0.6) is 0 Å². The highest BCUT2D eigenvalue weighted by molar-refractivity contribution is 5.66. The van der Waals surface area contributed by atoms with Gasteiger partial charge in [-0.3, -0.25) is 4.79 Å². The predicted molar refractivity (Wildman–Crippen MR) is 151 cm³/mol. The number of oxazole rings is 1. The zero-order valence-corrected chi connectivity index (χ0v) is 24.2. The van der Waals surface area contributed by atoms with Crippen LogP contribution in [0.25, 0.3) is 0 Å². The van der Waals surface area contributed by atoms with E-state index >= 15 is 0 Å². The lowest BCUT2D eigenvalue weighted by molar-refractivity contribution is -0.149. The Morgan fingerprint density at radius 1 is 1.26 bits per heavy atom. The molecule has 2 N–H and O–H groups in total. The van der Waals surface area contributed by atoms with Crippen LogP contribution in [0.3, 0.4) is 0 Å². The number of ether oxygens (including phenoxy) is 1. The van der Waals surface area contributed by atoms with E-state index in [4.69, 9.17) is 9.15 Å². The number of aliphatic hydroxyl groups excluding tert-OH is 2. The lowest BCUT2D eigenvalue weighted by Crippen LogP contribution is -2.37. The fourth-order valence-electron chi connectivity index (χ4n) is 8.33. The average Bonchev–Trinajstić information content (AvgIpc) is 3.43. The van der Waals surface area contributed by atoms with Crippen LogP contribution in [0.2, 0.25) is 0 Å². The van der Waals surface area contributed by atoms with Crippen molar-refractivity contribution in [1.29, 1.82) is 0 Å². The van der Waals surface area contributed by atoms with Gasteiger partial charge in [-0.25, -0.2) is 4.98 Å². The Bertz CT molecular complexity index is 1140. The average molecular weight is 538 g/mol. The van der Waals surface area contributed by atoms with Crippen molar-refractivity contribution in [3.63, 3.8) is 0 Å². The van der Waals surface area contributed by atoms with Gasteiger partial charge in [0, 0.05) is 13.3 Å². The van der Waals surface area contributed by atoms with Crippen molar-refractivity contribution in [1.82, 2.24) is 4.98 Å². The van der Waals surface area contributed by atoms with Gasteiger partial charge in [0.25, 0.3) is 0 Å². The van der Waals surface area contributed by atoms with E-state index in [1.54, 1.807) is 6.26 Å². The number of fused-ring (bicyclic) bond motifs is 1. The van der Waals surface area contributed by atoms with Crippen LogP contribution < -0.4 is 0 Å². The van der Waals surface area contributed by atoms with Gasteiger partial charge in [0.05, 0.1) is 23.3 Å². The van der Waals surface area contributed by atoms with Crippen LogP contribution in [0.1, 0.15) is 103 Å². The molecule has 0 unspecified atom stereocenters. The first-order chi connectivity index (χ1) is 18.5. The first-order valence-corrected chi connectivity index (χ1v) is 15.1. The topological polar surface area (TPSA) is 92.8 Å². The van der Waals surface area contributed by atoms with Crippen molar-refractivity contribution in [2.24, 2.45) is 23.2 Å². The predicted octanol–water partition coefficient (Wildman–Crippen LogP) is 6.50. The van der Waals surface area contributed by atoms with E-state index < -0.39 is 12.2 Å². The van der Waals surface area contributed by atoms with Crippen molar-refractivity contribution < 1.29 is 24.2 Å². The van der Waals surface area contributed by atoms with Crippen molar-refractivity contribution >= 4 is 5.97 Å². The number of rotatable bonds is 8. The van der Waals surface area contributed by atoms with Gasteiger partial charge in [-0.05, 0) is 105 Å². The smallest absolute Gasteiger partial charge is 0.302 e. The lowest BCUT2D eigenvalue weighted by Gasteiger charge is -2.44. The van der Waals surface area contributed by atoms with E-state index in [0.717, 1.165) is 54.8 Å². The highest BCUT2D eigenvalue weighted by atomic mass is 16.5. The third-order valence-corrected chi connectivity index (χ3v) is 10.6. The van der Waals surface area contributed by atoms with Crippen molar-refractivity contribution in [3.8, 4) is 0 Å². The van der Waals surface area contributed by atoms with Gasteiger partial charge in [-0.2, -0.15) is 0 Å². The molecule has 4 fully saturated rings. The summed E-state index contributed by atoms with van der Waals surface area (Å²) in [6, 6.07) is 0. The van der Waals surface area contributed by atoms with E-state index in [9.17, 15) is 15.0 Å². The Labute approximate surface area is 233 Å². The fraction of sp³-hybridized carbons (Fsp3) is 0.697. The molecule has 1 aromatic rings. The fourth-order valence-corrected chi connectivity index (χ4v) is 8.33. The third kappa shape index (κ3) is 5.56. The quantitative estimate of drug-likeness (QED) is 0.368. The van der Waals surface area contributed by atoms with Crippen LogP contribution >= 0.6 is 0 Å². The molecule has 0 aliphatic heterocycles. The van der Waals surface area contributed by atoms with Gasteiger partial charge in [0.15, 0.2) is 0 Å². The molecule has 0 amide bonds. The highest BCUT2D eigenvalue weighted by Crippen LogP contribution is 2.60. The van der Waals surface area contributed by atoms with Crippen molar-refractivity contribution in [2.45, 2.75) is 122 Å². The van der Waals surface area contributed by atoms with Crippen molar-refractivity contribution in [3.05, 3.63) is 53.3 Å². The lowest BCUT2D eigenvalue weighted by atomic mass is 9.60. The minimum Gasteiger partial charge on any atom is -0.461 e. The highest BCUT2D eigenvalue weighted by Gasteiger charge is 2.57. The SMILES string of the molecule is C=C1C(=CC=C2CCC[C@]3(C)[C@@H]([C@H](C)CC[C@@H](OC(C)=O)C4(c5nc(C)co5)CC4)CC[C@@H]23)C[C@@H](O)C[C@@H]1O. The number of aromatic nitrogens is 1. The zero-order chi connectivity index (χ0) is 27.9. The van der Waals surface area contributed by atoms with Crippen LogP contribution in [-0.2, 0) is 14.9 Å². The molecule has 0 aromatic carbocycles. The number of carbonyl (C=O) groups excluding carboxylic acids is 1. The second-order valence-corrected chi connectivity index (χ2v) is 13.3. The maximum absolute atomic E-state index is 12.1. The molecule has 7 atom stereocenters. The molecule has 6 heteroatoms. The van der Waals surface area contributed by atoms with Gasteiger partial charge >= 0.3 is 5.97 Å². The summed E-state index contributed by atoms with van der Waals surface area (Å²) >= 11 is 0. The number of esters is 1. The molecular weight excluding hydrogens is 490 g/mol. The van der Waals surface area contributed by atoms with Gasteiger partial charge in [0.2, 0.25) is 5.89 Å². The Morgan fingerprint density at radius 2 is 2.03 bits per heavy atom. The summed E-state index contributed by atoms with van der Waals surface area (Å²) in [5.74, 6) is 2.22. The largest absolute Gasteiger partial charge is 0.461 e. The van der Waals surface area contributed by atoms with Gasteiger partial charge in [-0.15, -0.1) is 0 Å². The second kappa shape index (κ2) is 11.0. The number of hydrogen-bond acceptors (Lipinski definition) is 6. The number of aliphatic hydroxyl groups is 2. The third-order valence-electron chi connectivity index (χ3n) is 10.6. The van der Waals surface area contributed by atoms with E-state index in [1.165, 1.54) is 38.2 Å². The van der Waals surface area contributed by atoms with Crippen molar-refractivity contribution in [2.75, 3.05) is 0 Å². The number of nitrogens with zero attached hydrogens (tertiary/aromatic N) is 1. The van der Waals surface area contributed by atoms with E-state index in [1.807, 2.05) is 6.92 Å². The summed E-state index contributed by atoms with van der Waals surface area (Å²) in [4.78, 5) is 16.7. The van der Waals surface area contributed by atoms with Gasteiger partial charge in [0.1, 0.15) is 12.4 Å². The summed E-state index contributed by atoms with van der Waals surface area (Å²) in [5, 5.41) is 20.4. The summed E-state index contributed by atoms with van der Waals surface area (Å²) in [6.07, 6.45) is 15.5. The standard InChI is InChI=1S/C33H47NO5/c1-20(8-13-30(39-23(4)35)33(15-16-33)31-34-21(2)19-38-31)27-11-12-28-24(7-6-14-32(27,28)5)9-10-25-17-26(36)18-29(37)22(25)3/h9-10,19-20,26-30,36-37H,3,6-8,11-18H2,1-2,4-5H3/t20-,26-,27-,28+,29+,30-,32-/m1/s1. The van der Waals surface area contributed by atoms with Crippen LogP contribution in [-0.4, -0.2) is 39.5 Å². The molecule has 0 spiro atoms. The molecule has 214 valence electrons. The minimum absolute atomic E-state index is 0.191. The Balaban J connectivity index is 1.28. The summed E-state index contributed by atoms with van der Waals surface area (Å²) in [7, 11) is 0. The molecule has 1 aromatic heterocycles.